The number of nitrogens with zero attached hydrogens (tertiary/aromatic N) is 1. The zero-order valence-electron chi connectivity index (χ0n) is 11.0. The fourth-order valence-corrected chi connectivity index (χ4v) is 2.19. The Labute approximate surface area is 108 Å². The van der Waals surface area contributed by atoms with E-state index in [9.17, 15) is 4.79 Å². The number of benzene rings is 1. The van der Waals surface area contributed by atoms with E-state index in [0.717, 1.165) is 17.5 Å². The van der Waals surface area contributed by atoms with Gasteiger partial charge in [0.1, 0.15) is 6.61 Å². The molecule has 2 rings (SSSR count). The average Bonchev–Trinajstić information content (AvgIpc) is 2.74. The van der Waals surface area contributed by atoms with E-state index in [1.54, 1.807) is 4.90 Å². The Hall–Kier alpha value is -1.55. The summed E-state index contributed by atoms with van der Waals surface area (Å²) in [6, 6.07) is 6.23. The quantitative estimate of drug-likeness (QED) is 0.870. The van der Waals surface area contributed by atoms with Crippen molar-refractivity contribution in [1.29, 1.82) is 0 Å². The van der Waals surface area contributed by atoms with Crippen LogP contribution in [0.1, 0.15) is 23.1 Å². The fourth-order valence-electron chi connectivity index (χ4n) is 2.19. The van der Waals surface area contributed by atoms with Gasteiger partial charge in [0.25, 0.3) is 0 Å². The van der Waals surface area contributed by atoms with E-state index in [1.165, 1.54) is 5.56 Å². The van der Waals surface area contributed by atoms with Crippen LogP contribution in [0.2, 0.25) is 0 Å². The molecule has 1 saturated heterocycles. The van der Waals surface area contributed by atoms with Crippen molar-refractivity contribution < 1.29 is 9.53 Å². The lowest BCUT2D eigenvalue weighted by Crippen LogP contribution is -2.32. The molecule has 1 aliphatic rings. The third kappa shape index (κ3) is 3.01. The molecule has 0 aliphatic carbocycles. The van der Waals surface area contributed by atoms with Crippen LogP contribution in [-0.2, 0) is 11.3 Å². The molecule has 1 aromatic carbocycles. The lowest BCUT2D eigenvalue weighted by molar-refractivity contribution is 0.104. The van der Waals surface area contributed by atoms with E-state index in [2.05, 4.69) is 13.0 Å². The van der Waals surface area contributed by atoms with Crippen molar-refractivity contribution in [2.45, 2.75) is 32.9 Å². The summed E-state index contributed by atoms with van der Waals surface area (Å²) in [7, 11) is 0. The van der Waals surface area contributed by atoms with Crippen molar-refractivity contribution in [2.24, 2.45) is 5.73 Å². The summed E-state index contributed by atoms with van der Waals surface area (Å²) in [5, 5.41) is 0. The summed E-state index contributed by atoms with van der Waals surface area (Å²) < 4.78 is 5.31. The summed E-state index contributed by atoms with van der Waals surface area (Å²) in [4.78, 5) is 13.5. The van der Waals surface area contributed by atoms with Crippen molar-refractivity contribution in [3.63, 3.8) is 0 Å². The van der Waals surface area contributed by atoms with Crippen molar-refractivity contribution in [3.05, 3.63) is 34.9 Å². The molecule has 98 valence electrons. The molecule has 1 atom stereocenters. The molecule has 1 aromatic rings. The van der Waals surface area contributed by atoms with Crippen LogP contribution < -0.4 is 5.73 Å². The smallest absolute Gasteiger partial charge is 0.410 e. The molecule has 1 unspecified atom stereocenters. The van der Waals surface area contributed by atoms with Gasteiger partial charge in [-0.05, 0) is 31.4 Å². The largest absolute Gasteiger partial charge is 0.445 e. The van der Waals surface area contributed by atoms with E-state index in [0.29, 0.717) is 19.7 Å². The Balaban J connectivity index is 1.89. The lowest BCUT2D eigenvalue weighted by Gasteiger charge is -2.16. The van der Waals surface area contributed by atoms with Crippen LogP contribution in [0.15, 0.2) is 18.2 Å². The highest BCUT2D eigenvalue weighted by Gasteiger charge is 2.24. The Morgan fingerprint density at radius 1 is 1.50 bits per heavy atom. The number of carbonyl (C=O) groups is 1. The summed E-state index contributed by atoms with van der Waals surface area (Å²) in [5.41, 5.74) is 9.18. The lowest BCUT2D eigenvalue weighted by atomic mass is 10.1. The van der Waals surface area contributed by atoms with E-state index >= 15 is 0 Å². The number of amides is 1. The topological polar surface area (TPSA) is 55.6 Å². The highest BCUT2D eigenvalue weighted by molar-refractivity contribution is 5.68. The molecule has 18 heavy (non-hydrogen) atoms. The SMILES string of the molecule is Cc1ccc(COC(=O)N2CCC(N)C2)c(C)c1. The summed E-state index contributed by atoms with van der Waals surface area (Å²) in [5.74, 6) is 0. The first-order valence-corrected chi connectivity index (χ1v) is 6.29. The maximum atomic E-state index is 11.8. The summed E-state index contributed by atoms with van der Waals surface area (Å²) >= 11 is 0. The maximum Gasteiger partial charge on any atom is 0.410 e. The molecular weight excluding hydrogens is 228 g/mol. The van der Waals surface area contributed by atoms with Crippen LogP contribution in [0, 0.1) is 13.8 Å². The second-order valence-electron chi connectivity index (χ2n) is 4.98. The minimum Gasteiger partial charge on any atom is -0.445 e. The number of carbonyl (C=O) groups excluding carboxylic acids is 1. The second kappa shape index (κ2) is 5.40. The Morgan fingerprint density at radius 2 is 2.28 bits per heavy atom. The van der Waals surface area contributed by atoms with Crippen LogP contribution in [0.5, 0.6) is 0 Å². The predicted molar refractivity (Wildman–Crippen MR) is 70.3 cm³/mol. The molecule has 2 N–H and O–H groups in total. The molecule has 1 heterocycles. The van der Waals surface area contributed by atoms with E-state index in [4.69, 9.17) is 10.5 Å². The van der Waals surface area contributed by atoms with E-state index in [1.807, 2.05) is 19.1 Å². The molecule has 4 heteroatoms. The number of hydrogen-bond acceptors (Lipinski definition) is 3. The maximum absolute atomic E-state index is 11.8. The first-order valence-electron chi connectivity index (χ1n) is 6.29. The minimum absolute atomic E-state index is 0.0960. The van der Waals surface area contributed by atoms with Gasteiger partial charge in [-0.3, -0.25) is 0 Å². The number of aryl methyl sites for hydroxylation is 2. The molecule has 0 spiro atoms. The molecule has 1 amide bonds. The molecule has 0 aromatic heterocycles. The molecule has 4 nitrogen and oxygen atoms in total. The zero-order valence-corrected chi connectivity index (χ0v) is 11.0. The first kappa shape index (κ1) is 12.9. The van der Waals surface area contributed by atoms with Gasteiger partial charge in [-0.25, -0.2) is 4.79 Å². The van der Waals surface area contributed by atoms with Crippen LogP contribution in [0.3, 0.4) is 0 Å². The monoisotopic (exact) mass is 248 g/mol. The average molecular weight is 248 g/mol. The van der Waals surface area contributed by atoms with Gasteiger partial charge in [-0.15, -0.1) is 0 Å². The third-order valence-corrected chi connectivity index (χ3v) is 3.33. The number of likely N-dealkylation sites (tertiary alicyclic amines) is 1. The minimum atomic E-state index is -0.261. The van der Waals surface area contributed by atoms with Crippen LogP contribution in [0.25, 0.3) is 0 Å². The van der Waals surface area contributed by atoms with Gasteiger partial charge in [-0.2, -0.15) is 0 Å². The molecule has 1 fully saturated rings. The summed E-state index contributed by atoms with van der Waals surface area (Å²) in [6.07, 6.45) is 0.599. The first-order chi connectivity index (χ1) is 8.56. The van der Waals surface area contributed by atoms with Crippen molar-refractivity contribution in [3.8, 4) is 0 Å². The number of ether oxygens (including phenoxy) is 1. The van der Waals surface area contributed by atoms with E-state index in [-0.39, 0.29) is 12.1 Å². The Bertz CT molecular complexity index is 445. The van der Waals surface area contributed by atoms with Crippen LogP contribution in [-0.4, -0.2) is 30.1 Å². The van der Waals surface area contributed by atoms with Gasteiger partial charge in [0.05, 0.1) is 0 Å². The summed E-state index contributed by atoms with van der Waals surface area (Å²) in [6.45, 7) is 5.71. The molecule has 0 radical (unpaired) electrons. The van der Waals surface area contributed by atoms with Gasteiger partial charge in [0.15, 0.2) is 0 Å². The van der Waals surface area contributed by atoms with Gasteiger partial charge in [0.2, 0.25) is 0 Å². The van der Waals surface area contributed by atoms with Crippen LogP contribution >= 0.6 is 0 Å². The van der Waals surface area contributed by atoms with Crippen molar-refractivity contribution >= 4 is 6.09 Å². The molecule has 0 saturated carbocycles. The Kier molecular flexibility index (Phi) is 3.87. The standard InChI is InChI=1S/C14H20N2O2/c1-10-3-4-12(11(2)7-10)9-18-14(17)16-6-5-13(15)8-16/h3-4,7,13H,5-6,8-9,15H2,1-2H3. The van der Waals surface area contributed by atoms with Crippen LogP contribution in [0.4, 0.5) is 4.79 Å². The van der Waals surface area contributed by atoms with Gasteiger partial charge in [-0.1, -0.05) is 23.8 Å². The Morgan fingerprint density at radius 3 is 2.89 bits per heavy atom. The second-order valence-corrected chi connectivity index (χ2v) is 4.98. The van der Waals surface area contributed by atoms with Crippen molar-refractivity contribution in [2.75, 3.05) is 13.1 Å². The normalized spacial score (nSPS) is 19.1. The number of hydrogen-bond donors (Lipinski definition) is 1. The third-order valence-electron chi connectivity index (χ3n) is 3.33. The van der Waals surface area contributed by atoms with Crippen molar-refractivity contribution in [1.82, 2.24) is 4.90 Å². The predicted octanol–water partition coefficient (Wildman–Crippen LogP) is 1.97. The zero-order chi connectivity index (χ0) is 13.1. The molecule has 1 aliphatic heterocycles. The molecule has 0 bridgehead atoms. The number of rotatable bonds is 2. The highest BCUT2D eigenvalue weighted by Crippen LogP contribution is 2.14. The molecular formula is C14H20N2O2. The van der Waals surface area contributed by atoms with Gasteiger partial charge < -0.3 is 15.4 Å². The highest BCUT2D eigenvalue weighted by atomic mass is 16.6. The van der Waals surface area contributed by atoms with E-state index < -0.39 is 0 Å². The van der Waals surface area contributed by atoms with Gasteiger partial charge >= 0.3 is 6.09 Å². The number of nitrogens with two attached hydrogens (primary N) is 1. The van der Waals surface area contributed by atoms with Gasteiger partial charge in [0, 0.05) is 19.1 Å². The fraction of sp³-hybridized carbons (Fsp3) is 0.500.